The molecule has 1 unspecified atom stereocenters. The van der Waals surface area contributed by atoms with E-state index in [0.29, 0.717) is 0 Å². The molecular formula is C26H34O5. The lowest BCUT2D eigenvalue weighted by Gasteiger charge is -2.28. The SMILES string of the molecule is COc1cc(C)ccc1C(c1ccccc1)[C@H](C)OC(=O)[C@H](C)CC(=O)OC(C)(C)C. The molecule has 0 spiro atoms. The zero-order valence-corrected chi connectivity index (χ0v) is 19.6. The number of rotatable bonds is 8. The Bertz CT molecular complexity index is 882. The van der Waals surface area contributed by atoms with E-state index in [-0.39, 0.29) is 12.3 Å². The molecule has 5 nitrogen and oxygen atoms in total. The summed E-state index contributed by atoms with van der Waals surface area (Å²) in [6.07, 6.45) is -0.486. The molecule has 0 aliphatic rings. The van der Waals surface area contributed by atoms with Crippen LogP contribution in [-0.2, 0) is 19.1 Å². The van der Waals surface area contributed by atoms with E-state index in [2.05, 4.69) is 0 Å². The van der Waals surface area contributed by atoms with Gasteiger partial charge in [0.2, 0.25) is 0 Å². The zero-order valence-electron chi connectivity index (χ0n) is 19.6. The molecule has 2 aromatic rings. The quantitative estimate of drug-likeness (QED) is 0.526. The maximum absolute atomic E-state index is 12.8. The normalized spacial score (nSPS) is 14.3. The van der Waals surface area contributed by atoms with E-state index < -0.39 is 29.6 Å². The van der Waals surface area contributed by atoms with Crippen molar-refractivity contribution in [2.45, 2.75) is 65.6 Å². The first-order chi connectivity index (χ1) is 14.5. The summed E-state index contributed by atoms with van der Waals surface area (Å²) in [7, 11) is 1.64. The second-order valence-electron chi connectivity index (χ2n) is 8.97. The molecule has 0 radical (unpaired) electrons. The topological polar surface area (TPSA) is 61.8 Å². The van der Waals surface area contributed by atoms with Gasteiger partial charge in [0.1, 0.15) is 17.5 Å². The summed E-state index contributed by atoms with van der Waals surface area (Å²) in [6.45, 7) is 11.0. The third-order valence-electron chi connectivity index (χ3n) is 4.95. The molecule has 0 bridgehead atoms. The number of hydrogen-bond donors (Lipinski definition) is 0. The largest absolute Gasteiger partial charge is 0.496 e. The summed E-state index contributed by atoms with van der Waals surface area (Å²) in [4.78, 5) is 24.9. The number of ether oxygens (including phenoxy) is 3. The molecule has 168 valence electrons. The van der Waals surface area contributed by atoms with E-state index in [1.165, 1.54) is 0 Å². The lowest BCUT2D eigenvalue weighted by Crippen LogP contribution is -2.30. The van der Waals surface area contributed by atoms with Crippen LogP contribution in [0.4, 0.5) is 0 Å². The van der Waals surface area contributed by atoms with Crippen LogP contribution in [0.15, 0.2) is 48.5 Å². The first-order valence-electron chi connectivity index (χ1n) is 10.6. The van der Waals surface area contributed by atoms with E-state index in [1.807, 2.05) is 62.4 Å². The Morgan fingerprint density at radius 1 is 1.00 bits per heavy atom. The molecule has 31 heavy (non-hydrogen) atoms. The highest BCUT2D eigenvalue weighted by Gasteiger charge is 2.30. The number of methoxy groups -OCH3 is 1. The van der Waals surface area contributed by atoms with Gasteiger partial charge in [-0.1, -0.05) is 49.4 Å². The highest BCUT2D eigenvalue weighted by Crippen LogP contribution is 2.36. The van der Waals surface area contributed by atoms with Crippen molar-refractivity contribution in [1.82, 2.24) is 0 Å². The number of hydrogen-bond acceptors (Lipinski definition) is 5. The predicted octanol–water partition coefficient (Wildman–Crippen LogP) is 5.44. The minimum Gasteiger partial charge on any atom is -0.496 e. The van der Waals surface area contributed by atoms with Gasteiger partial charge in [-0.25, -0.2) is 0 Å². The smallest absolute Gasteiger partial charge is 0.309 e. The highest BCUT2D eigenvalue weighted by molar-refractivity contribution is 5.80. The van der Waals surface area contributed by atoms with Gasteiger partial charge in [-0.15, -0.1) is 0 Å². The molecule has 0 saturated carbocycles. The van der Waals surface area contributed by atoms with Crippen LogP contribution in [-0.4, -0.2) is 30.8 Å². The third kappa shape index (κ3) is 7.12. The summed E-state index contributed by atoms with van der Waals surface area (Å²) < 4.78 is 16.8. The van der Waals surface area contributed by atoms with Crippen molar-refractivity contribution < 1.29 is 23.8 Å². The fourth-order valence-electron chi connectivity index (χ4n) is 3.52. The standard InChI is InChI=1S/C26H34O5/c1-17-13-14-21(22(15-17)29-7)24(20-11-9-8-10-12-20)19(3)30-25(28)18(2)16-23(27)31-26(4,5)6/h8-15,18-19,24H,16H2,1-7H3/t18-,19+,24?/m1/s1. The van der Waals surface area contributed by atoms with E-state index in [4.69, 9.17) is 14.2 Å². The fraction of sp³-hybridized carbons (Fsp3) is 0.462. The second kappa shape index (κ2) is 10.5. The van der Waals surface area contributed by atoms with Gasteiger partial charge in [0, 0.05) is 11.5 Å². The van der Waals surface area contributed by atoms with Crippen LogP contribution in [0.2, 0.25) is 0 Å². The number of carbonyl (C=O) groups excluding carboxylic acids is 2. The van der Waals surface area contributed by atoms with Gasteiger partial charge in [0.05, 0.1) is 19.4 Å². The Morgan fingerprint density at radius 3 is 2.23 bits per heavy atom. The molecule has 0 N–H and O–H groups in total. The molecule has 5 heteroatoms. The van der Waals surface area contributed by atoms with Crippen molar-refractivity contribution in [3.05, 3.63) is 65.2 Å². The van der Waals surface area contributed by atoms with Gasteiger partial charge < -0.3 is 14.2 Å². The van der Waals surface area contributed by atoms with Gasteiger partial charge in [-0.3, -0.25) is 9.59 Å². The van der Waals surface area contributed by atoms with Crippen LogP contribution in [0.5, 0.6) is 5.75 Å². The first kappa shape index (κ1) is 24.4. The van der Waals surface area contributed by atoms with E-state index in [1.54, 1.807) is 34.8 Å². The Kier molecular flexibility index (Phi) is 8.26. The van der Waals surface area contributed by atoms with Crippen LogP contribution in [0, 0.1) is 12.8 Å². The highest BCUT2D eigenvalue weighted by atomic mass is 16.6. The minimum atomic E-state index is -0.603. The van der Waals surface area contributed by atoms with E-state index in [0.717, 1.165) is 22.4 Å². The van der Waals surface area contributed by atoms with Crippen molar-refractivity contribution >= 4 is 11.9 Å². The monoisotopic (exact) mass is 426 g/mol. The Morgan fingerprint density at radius 2 is 1.65 bits per heavy atom. The van der Waals surface area contributed by atoms with Crippen LogP contribution in [0.1, 0.15) is 63.6 Å². The average molecular weight is 427 g/mol. The van der Waals surface area contributed by atoms with Crippen molar-refractivity contribution in [2.75, 3.05) is 7.11 Å². The lowest BCUT2D eigenvalue weighted by atomic mass is 9.86. The summed E-state index contributed by atoms with van der Waals surface area (Å²) in [5.74, 6) is -0.906. The summed E-state index contributed by atoms with van der Waals surface area (Å²) in [6, 6.07) is 15.9. The maximum Gasteiger partial charge on any atom is 0.309 e. The molecule has 0 fully saturated rings. The molecule has 2 aromatic carbocycles. The summed E-state index contributed by atoms with van der Waals surface area (Å²) in [5.41, 5.74) is 2.46. The molecule has 2 rings (SSSR count). The average Bonchev–Trinajstić information content (AvgIpc) is 2.68. The number of esters is 2. The van der Waals surface area contributed by atoms with Crippen LogP contribution in [0.25, 0.3) is 0 Å². The van der Waals surface area contributed by atoms with Crippen molar-refractivity contribution in [3.63, 3.8) is 0 Å². The summed E-state index contributed by atoms with van der Waals surface area (Å²) in [5, 5.41) is 0. The molecule has 3 atom stereocenters. The van der Waals surface area contributed by atoms with Gasteiger partial charge in [0.25, 0.3) is 0 Å². The molecule has 0 aromatic heterocycles. The molecule has 0 saturated heterocycles. The van der Waals surface area contributed by atoms with Gasteiger partial charge in [-0.05, 0) is 51.8 Å². The first-order valence-corrected chi connectivity index (χ1v) is 10.6. The van der Waals surface area contributed by atoms with Crippen LogP contribution in [0.3, 0.4) is 0 Å². The van der Waals surface area contributed by atoms with E-state index >= 15 is 0 Å². The van der Waals surface area contributed by atoms with Gasteiger partial charge >= 0.3 is 11.9 Å². The predicted molar refractivity (Wildman–Crippen MR) is 121 cm³/mol. The molecule has 0 heterocycles. The molecule has 0 amide bonds. The Labute approximate surface area is 185 Å². The Balaban J connectivity index is 2.24. The molecule has 0 aliphatic heterocycles. The van der Waals surface area contributed by atoms with Crippen molar-refractivity contribution in [1.29, 1.82) is 0 Å². The zero-order chi connectivity index (χ0) is 23.2. The Hall–Kier alpha value is -2.82. The van der Waals surface area contributed by atoms with Crippen molar-refractivity contribution in [2.24, 2.45) is 5.92 Å². The number of carbonyl (C=O) groups is 2. The van der Waals surface area contributed by atoms with Crippen LogP contribution < -0.4 is 4.74 Å². The van der Waals surface area contributed by atoms with Gasteiger partial charge in [0.15, 0.2) is 0 Å². The van der Waals surface area contributed by atoms with Crippen LogP contribution >= 0.6 is 0 Å². The molecular weight excluding hydrogens is 392 g/mol. The molecule has 0 aliphatic carbocycles. The minimum absolute atomic E-state index is 0.0212. The van der Waals surface area contributed by atoms with Crippen molar-refractivity contribution in [3.8, 4) is 5.75 Å². The van der Waals surface area contributed by atoms with Gasteiger partial charge in [-0.2, -0.15) is 0 Å². The third-order valence-corrected chi connectivity index (χ3v) is 4.95. The lowest BCUT2D eigenvalue weighted by molar-refractivity contribution is -0.163. The summed E-state index contributed by atoms with van der Waals surface area (Å²) >= 11 is 0. The van der Waals surface area contributed by atoms with E-state index in [9.17, 15) is 9.59 Å². The number of aryl methyl sites for hydroxylation is 1. The second-order valence-corrected chi connectivity index (χ2v) is 8.97. The fourth-order valence-corrected chi connectivity index (χ4v) is 3.52. The number of benzene rings is 2. The maximum atomic E-state index is 12.8.